The highest BCUT2D eigenvalue weighted by atomic mass is 32.1. The number of thiophene rings is 1. The lowest BCUT2D eigenvalue weighted by atomic mass is 9.98. The molecule has 130 valence electrons. The predicted molar refractivity (Wildman–Crippen MR) is 102 cm³/mol. The Morgan fingerprint density at radius 2 is 1.56 bits per heavy atom. The van der Waals surface area contributed by atoms with E-state index in [1.807, 2.05) is 44.2 Å². The minimum absolute atomic E-state index is 0.0171. The van der Waals surface area contributed by atoms with Gasteiger partial charge >= 0.3 is 0 Å². The number of rotatable bonds is 5. The first-order valence-electron chi connectivity index (χ1n) is 8.47. The Kier molecular flexibility index (Phi) is 5.30. The van der Waals surface area contributed by atoms with Crippen LogP contribution in [0.3, 0.4) is 0 Å². The summed E-state index contributed by atoms with van der Waals surface area (Å²) in [5.41, 5.74) is 8.39. The van der Waals surface area contributed by atoms with E-state index >= 15 is 0 Å². The van der Waals surface area contributed by atoms with E-state index in [2.05, 4.69) is 0 Å². The quantitative estimate of drug-likeness (QED) is 0.567. The molecule has 0 radical (unpaired) electrons. The van der Waals surface area contributed by atoms with Gasteiger partial charge in [-0.15, -0.1) is 11.3 Å². The van der Waals surface area contributed by atoms with Crippen LogP contribution in [0.2, 0.25) is 0 Å². The van der Waals surface area contributed by atoms with E-state index in [9.17, 15) is 8.78 Å². The van der Waals surface area contributed by atoms with Crippen molar-refractivity contribution in [1.82, 2.24) is 0 Å². The van der Waals surface area contributed by atoms with Crippen molar-refractivity contribution in [1.29, 1.82) is 0 Å². The number of hydrogen-bond acceptors (Lipinski definition) is 2. The van der Waals surface area contributed by atoms with Crippen molar-refractivity contribution in [2.45, 2.75) is 32.7 Å². The molecule has 0 aliphatic rings. The molecule has 1 unspecified atom stereocenters. The van der Waals surface area contributed by atoms with Gasteiger partial charge in [-0.1, -0.05) is 38.1 Å². The fourth-order valence-corrected chi connectivity index (χ4v) is 3.83. The van der Waals surface area contributed by atoms with Crippen LogP contribution in [0.4, 0.5) is 8.78 Å². The van der Waals surface area contributed by atoms with Gasteiger partial charge in [0.2, 0.25) is 0 Å². The van der Waals surface area contributed by atoms with Crippen LogP contribution in [0.15, 0.2) is 48.5 Å². The third kappa shape index (κ3) is 3.65. The van der Waals surface area contributed by atoms with Gasteiger partial charge in [-0.05, 0) is 53.8 Å². The van der Waals surface area contributed by atoms with E-state index in [1.54, 1.807) is 6.07 Å². The molecule has 0 spiro atoms. The molecule has 1 heterocycles. The molecule has 0 saturated carbocycles. The minimum atomic E-state index is -0.533. The first-order chi connectivity index (χ1) is 12.0. The highest BCUT2D eigenvalue weighted by molar-refractivity contribution is 7.15. The zero-order valence-corrected chi connectivity index (χ0v) is 15.2. The summed E-state index contributed by atoms with van der Waals surface area (Å²) in [4.78, 5) is 1.74. The van der Waals surface area contributed by atoms with Crippen molar-refractivity contribution in [2.75, 3.05) is 0 Å². The maximum absolute atomic E-state index is 14.6. The standard InChI is InChI=1S/C21H21F2NS/c1-3-16-9-10-20(25-16)21-17(22)11-15(12-18(21)23)13-5-7-14(8-6-13)19(24)4-2/h5-12,19H,3-4,24H2,1-2H3. The minimum Gasteiger partial charge on any atom is -0.324 e. The summed E-state index contributed by atoms with van der Waals surface area (Å²) in [6, 6.07) is 14.0. The lowest BCUT2D eigenvalue weighted by molar-refractivity contribution is 0.591. The summed E-state index contributed by atoms with van der Waals surface area (Å²) < 4.78 is 29.2. The van der Waals surface area contributed by atoms with Gasteiger partial charge in [0, 0.05) is 15.8 Å². The van der Waals surface area contributed by atoms with Gasteiger partial charge in [-0.25, -0.2) is 8.78 Å². The molecule has 1 atom stereocenters. The van der Waals surface area contributed by atoms with Crippen molar-refractivity contribution in [2.24, 2.45) is 5.73 Å². The second kappa shape index (κ2) is 7.46. The molecule has 0 fully saturated rings. The van der Waals surface area contributed by atoms with Crippen LogP contribution in [0, 0.1) is 11.6 Å². The number of aryl methyl sites for hydroxylation is 1. The Labute approximate surface area is 151 Å². The average Bonchev–Trinajstić information content (AvgIpc) is 3.09. The SMILES string of the molecule is CCc1ccc(-c2c(F)cc(-c3ccc(C(N)CC)cc3)cc2F)s1. The molecule has 4 heteroatoms. The summed E-state index contributed by atoms with van der Waals surface area (Å²) in [5.74, 6) is -1.07. The summed E-state index contributed by atoms with van der Waals surface area (Å²) in [5, 5.41) is 0. The Morgan fingerprint density at radius 3 is 2.08 bits per heavy atom. The molecule has 0 aliphatic heterocycles. The van der Waals surface area contributed by atoms with Gasteiger partial charge in [0.25, 0.3) is 0 Å². The predicted octanol–water partition coefficient (Wildman–Crippen LogP) is 6.33. The lowest BCUT2D eigenvalue weighted by Crippen LogP contribution is -2.08. The Bertz CT molecular complexity index is 845. The molecule has 0 aliphatic carbocycles. The maximum atomic E-state index is 14.6. The molecule has 1 nitrogen and oxygen atoms in total. The van der Waals surface area contributed by atoms with Gasteiger partial charge in [0.05, 0.1) is 5.56 Å². The van der Waals surface area contributed by atoms with Gasteiger partial charge in [0.1, 0.15) is 11.6 Å². The number of hydrogen-bond donors (Lipinski definition) is 1. The van der Waals surface area contributed by atoms with Crippen molar-refractivity contribution in [3.05, 3.63) is 70.6 Å². The van der Waals surface area contributed by atoms with E-state index in [1.165, 1.54) is 23.5 Å². The summed E-state index contributed by atoms with van der Waals surface area (Å²) in [7, 11) is 0. The van der Waals surface area contributed by atoms with Crippen LogP contribution >= 0.6 is 11.3 Å². The molecular formula is C21H21F2NS. The Balaban J connectivity index is 1.96. The number of benzene rings is 2. The van der Waals surface area contributed by atoms with Gasteiger partial charge in [-0.2, -0.15) is 0 Å². The van der Waals surface area contributed by atoms with Gasteiger partial charge < -0.3 is 5.73 Å². The van der Waals surface area contributed by atoms with Crippen molar-refractivity contribution in [3.8, 4) is 21.6 Å². The smallest absolute Gasteiger partial charge is 0.135 e. The van der Waals surface area contributed by atoms with Crippen LogP contribution in [0.1, 0.15) is 36.8 Å². The highest BCUT2D eigenvalue weighted by Crippen LogP contribution is 2.35. The molecule has 0 saturated heterocycles. The van der Waals surface area contributed by atoms with Crippen LogP contribution in [-0.4, -0.2) is 0 Å². The van der Waals surface area contributed by atoms with Crippen LogP contribution in [0.5, 0.6) is 0 Å². The fraction of sp³-hybridized carbons (Fsp3) is 0.238. The molecule has 3 rings (SSSR count). The van der Waals surface area contributed by atoms with E-state index in [4.69, 9.17) is 5.73 Å². The topological polar surface area (TPSA) is 26.0 Å². The van der Waals surface area contributed by atoms with Crippen LogP contribution in [-0.2, 0) is 6.42 Å². The second-order valence-corrected chi connectivity index (χ2v) is 7.24. The van der Waals surface area contributed by atoms with Crippen LogP contribution in [0.25, 0.3) is 21.6 Å². The summed E-state index contributed by atoms with van der Waals surface area (Å²) >= 11 is 1.43. The monoisotopic (exact) mass is 357 g/mol. The molecular weight excluding hydrogens is 336 g/mol. The number of halogens is 2. The molecule has 25 heavy (non-hydrogen) atoms. The Morgan fingerprint density at radius 1 is 0.920 bits per heavy atom. The van der Waals surface area contributed by atoms with Gasteiger partial charge in [0.15, 0.2) is 0 Å². The lowest BCUT2D eigenvalue weighted by Gasteiger charge is -2.11. The molecule has 1 aromatic heterocycles. The third-order valence-corrected chi connectivity index (χ3v) is 5.66. The highest BCUT2D eigenvalue weighted by Gasteiger charge is 2.16. The Hall–Kier alpha value is -2.04. The first-order valence-corrected chi connectivity index (χ1v) is 9.29. The maximum Gasteiger partial charge on any atom is 0.135 e. The zero-order valence-electron chi connectivity index (χ0n) is 14.4. The number of nitrogens with two attached hydrogens (primary N) is 1. The van der Waals surface area contributed by atoms with Crippen LogP contribution < -0.4 is 5.73 Å². The van der Waals surface area contributed by atoms with Gasteiger partial charge in [-0.3, -0.25) is 0 Å². The fourth-order valence-electron chi connectivity index (χ4n) is 2.84. The summed E-state index contributed by atoms with van der Waals surface area (Å²) in [6.07, 6.45) is 1.70. The molecule has 2 N–H and O–H groups in total. The third-order valence-electron chi connectivity index (χ3n) is 4.41. The largest absolute Gasteiger partial charge is 0.324 e. The second-order valence-electron chi connectivity index (χ2n) is 6.07. The first kappa shape index (κ1) is 17.8. The van der Waals surface area contributed by atoms with E-state index < -0.39 is 11.6 Å². The normalized spacial score (nSPS) is 12.4. The van der Waals surface area contributed by atoms with E-state index in [0.717, 1.165) is 28.8 Å². The molecule has 0 amide bonds. The van der Waals surface area contributed by atoms with E-state index in [0.29, 0.717) is 10.4 Å². The van der Waals surface area contributed by atoms with Crippen molar-refractivity contribution in [3.63, 3.8) is 0 Å². The molecule has 0 bridgehead atoms. The average molecular weight is 357 g/mol. The van der Waals surface area contributed by atoms with Crippen molar-refractivity contribution >= 4 is 11.3 Å². The van der Waals surface area contributed by atoms with E-state index in [-0.39, 0.29) is 11.6 Å². The molecule has 2 aromatic carbocycles. The van der Waals surface area contributed by atoms with Crippen molar-refractivity contribution < 1.29 is 8.78 Å². The summed E-state index contributed by atoms with van der Waals surface area (Å²) in [6.45, 7) is 4.05. The zero-order chi connectivity index (χ0) is 18.0. The molecule has 3 aromatic rings.